The second-order valence-electron chi connectivity index (χ2n) is 7.53. The summed E-state index contributed by atoms with van der Waals surface area (Å²) in [6, 6.07) is 14.0. The van der Waals surface area contributed by atoms with E-state index in [9.17, 15) is 9.59 Å². The van der Waals surface area contributed by atoms with E-state index in [1.54, 1.807) is 16.2 Å². The topological polar surface area (TPSA) is 40.6 Å². The van der Waals surface area contributed by atoms with Crippen LogP contribution < -0.4 is 0 Å². The van der Waals surface area contributed by atoms with Crippen LogP contribution in [0, 0.1) is 5.92 Å². The van der Waals surface area contributed by atoms with E-state index in [1.807, 2.05) is 80.4 Å². The smallest absolute Gasteiger partial charge is 0.242 e. The number of nitrogens with zero attached hydrogens (tertiary/aromatic N) is 2. The number of rotatable bonds is 9. The van der Waals surface area contributed by atoms with E-state index in [0.717, 1.165) is 10.4 Å². The number of hydrogen-bond donors (Lipinski definition) is 0. The fourth-order valence-corrected chi connectivity index (χ4v) is 3.62. The third-order valence-electron chi connectivity index (χ3n) is 4.33. The summed E-state index contributed by atoms with van der Waals surface area (Å²) in [5.41, 5.74) is 1.09. The highest BCUT2D eigenvalue weighted by molar-refractivity contribution is 7.09. The monoisotopic (exact) mass is 386 g/mol. The second-order valence-corrected chi connectivity index (χ2v) is 8.56. The third kappa shape index (κ3) is 6.83. The lowest BCUT2D eigenvalue weighted by Crippen LogP contribution is -2.45. The number of carbonyl (C=O) groups is 2. The molecule has 4 nitrogen and oxygen atoms in total. The first-order valence-corrected chi connectivity index (χ1v) is 10.4. The van der Waals surface area contributed by atoms with Crippen molar-refractivity contribution in [3.63, 3.8) is 0 Å². The van der Waals surface area contributed by atoms with E-state index in [1.165, 1.54) is 0 Å². The normalized spacial score (nSPS) is 11.0. The summed E-state index contributed by atoms with van der Waals surface area (Å²) in [6.07, 6.45) is 0.467. The Kier molecular flexibility index (Phi) is 8.04. The summed E-state index contributed by atoms with van der Waals surface area (Å²) in [7, 11) is 0. The van der Waals surface area contributed by atoms with Gasteiger partial charge in [-0.25, -0.2) is 0 Å². The lowest BCUT2D eigenvalue weighted by atomic mass is 10.1. The van der Waals surface area contributed by atoms with Crippen LogP contribution in [0.1, 0.15) is 44.6 Å². The second kappa shape index (κ2) is 10.3. The van der Waals surface area contributed by atoms with Gasteiger partial charge >= 0.3 is 0 Å². The van der Waals surface area contributed by atoms with E-state index in [0.29, 0.717) is 19.5 Å². The van der Waals surface area contributed by atoms with Crippen molar-refractivity contribution in [1.82, 2.24) is 9.80 Å². The van der Waals surface area contributed by atoms with Gasteiger partial charge < -0.3 is 9.80 Å². The zero-order valence-electron chi connectivity index (χ0n) is 16.7. The van der Waals surface area contributed by atoms with Crippen molar-refractivity contribution in [2.24, 2.45) is 5.92 Å². The van der Waals surface area contributed by atoms with Crippen molar-refractivity contribution in [3.8, 4) is 0 Å². The van der Waals surface area contributed by atoms with Gasteiger partial charge in [0.1, 0.15) is 0 Å². The molecular formula is C22H30N2O2S. The number of benzene rings is 1. The number of carbonyl (C=O) groups excluding carboxylic acids is 2. The van der Waals surface area contributed by atoms with E-state index in [-0.39, 0.29) is 30.3 Å². The van der Waals surface area contributed by atoms with Crippen molar-refractivity contribution in [2.45, 2.75) is 53.2 Å². The maximum absolute atomic E-state index is 13.1. The molecule has 0 radical (unpaired) electrons. The summed E-state index contributed by atoms with van der Waals surface area (Å²) < 4.78 is 0. The highest BCUT2D eigenvalue weighted by Crippen LogP contribution is 2.16. The van der Waals surface area contributed by atoms with Gasteiger partial charge in [-0.05, 0) is 36.8 Å². The third-order valence-corrected chi connectivity index (χ3v) is 5.19. The predicted molar refractivity (Wildman–Crippen MR) is 111 cm³/mol. The Balaban J connectivity index is 2.14. The lowest BCUT2D eigenvalue weighted by molar-refractivity contribution is -0.143. The van der Waals surface area contributed by atoms with Crippen LogP contribution >= 0.6 is 11.3 Å². The van der Waals surface area contributed by atoms with Gasteiger partial charge in [0.2, 0.25) is 11.8 Å². The average molecular weight is 387 g/mol. The summed E-state index contributed by atoms with van der Waals surface area (Å²) in [6.45, 7) is 9.21. The quantitative estimate of drug-likeness (QED) is 0.634. The van der Waals surface area contributed by atoms with Crippen LogP contribution in [-0.4, -0.2) is 34.2 Å². The molecule has 0 spiro atoms. The molecule has 0 aliphatic rings. The molecule has 0 saturated carbocycles. The molecule has 1 aromatic carbocycles. The standard InChI is InChI=1S/C22H30N2O2S/c1-17(2)13-21(25)24(18(3)4)16-22(26)23(15-20-11-8-12-27-20)14-19-9-6-5-7-10-19/h5-12,17-18H,13-16H2,1-4H3. The SMILES string of the molecule is CC(C)CC(=O)N(CC(=O)N(Cc1ccccc1)Cc1cccs1)C(C)C. The highest BCUT2D eigenvalue weighted by Gasteiger charge is 2.24. The van der Waals surface area contributed by atoms with Crippen molar-refractivity contribution >= 4 is 23.2 Å². The van der Waals surface area contributed by atoms with Crippen molar-refractivity contribution in [2.75, 3.05) is 6.54 Å². The molecular weight excluding hydrogens is 356 g/mol. The molecule has 1 heterocycles. The zero-order valence-corrected chi connectivity index (χ0v) is 17.5. The Labute approximate surface area is 166 Å². The molecule has 2 amide bonds. The van der Waals surface area contributed by atoms with Gasteiger partial charge in [0.25, 0.3) is 0 Å². The molecule has 0 saturated heterocycles. The van der Waals surface area contributed by atoms with Gasteiger partial charge in [-0.15, -0.1) is 11.3 Å². The van der Waals surface area contributed by atoms with Crippen LogP contribution in [0.15, 0.2) is 47.8 Å². The first-order chi connectivity index (χ1) is 12.9. The minimum Gasteiger partial charge on any atom is -0.332 e. The van der Waals surface area contributed by atoms with Crippen molar-refractivity contribution in [1.29, 1.82) is 0 Å². The molecule has 0 atom stereocenters. The van der Waals surface area contributed by atoms with E-state index < -0.39 is 0 Å². The Bertz CT molecular complexity index is 711. The summed E-state index contributed by atoms with van der Waals surface area (Å²) in [5.74, 6) is 0.308. The molecule has 5 heteroatoms. The van der Waals surface area contributed by atoms with Crippen LogP contribution in [-0.2, 0) is 22.7 Å². The molecule has 0 aliphatic carbocycles. The average Bonchev–Trinajstić information content (AvgIpc) is 3.12. The van der Waals surface area contributed by atoms with Crippen LogP contribution in [0.2, 0.25) is 0 Å². The van der Waals surface area contributed by atoms with Crippen LogP contribution in [0.25, 0.3) is 0 Å². The largest absolute Gasteiger partial charge is 0.332 e. The Morgan fingerprint density at radius 3 is 2.19 bits per heavy atom. The van der Waals surface area contributed by atoms with E-state index in [4.69, 9.17) is 0 Å². The summed E-state index contributed by atoms with van der Waals surface area (Å²) in [4.78, 5) is 30.4. The van der Waals surface area contributed by atoms with Gasteiger partial charge in [0.05, 0.1) is 13.1 Å². The molecule has 0 N–H and O–H groups in total. The van der Waals surface area contributed by atoms with Gasteiger partial charge in [-0.2, -0.15) is 0 Å². The lowest BCUT2D eigenvalue weighted by Gasteiger charge is -2.30. The molecule has 1 aromatic heterocycles. The Morgan fingerprint density at radius 2 is 1.63 bits per heavy atom. The number of thiophene rings is 1. The molecule has 27 heavy (non-hydrogen) atoms. The molecule has 0 unspecified atom stereocenters. The molecule has 2 rings (SSSR count). The molecule has 146 valence electrons. The molecule has 0 bridgehead atoms. The molecule has 0 fully saturated rings. The van der Waals surface area contributed by atoms with Crippen LogP contribution in [0.4, 0.5) is 0 Å². The number of hydrogen-bond acceptors (Lipinski definition) is 3. The Morgan fingerprint density at radius 1 is 0.926 bits per heavy atom. The van der Waals surface area contributed by atoms with Gasteiger partial charge in [0, 0.05) is 23.9 Å². The van der Waals surface area contributed by atoms with Gasteiger partial charge in [-0.1, -0.05) is 50.2 Å². The van der Waals surface area contributed by atoms with Gasteiger partial charge in [-0.3, -0.25) is 9.59 Å². The van der Waals surface area contributed by atoms with Crippen LogP contribution in [0.5, 0.6) is 0 Å². The zero-order chi connectivity index (χ0) is 19.8. The maximum Gasteiger partial charge on any atom is 0.242 e. The van der Waals surface area contributed by atoms with E-state index >= 15 is 0 Å². The highest BCUT2D eigenvalue weighted by atomic mass is 32.1. The molecule has 2 aromatic rings. The van der Waals surface area contributed by atoms with Crippen LogP contribution in [0.3, 0.4) is 0 Å². The first-order valence-electron chi connectivity index (χ1n) is 9.50. The fraction of sp³-hybridized carbons (Fsp3) is 0.455. The fourth-order valence-electron chi connectivity index (χ4n) is 2.90. The molecule has 0 aliphatic heterocycles. The summed E-state index contributed by atoms with van der Waals surface area (Å²) >= 11 is 1.64. The number of amides is 2. The predicted octanol–water partition coefficient (Wildman–Crippen LogP) is 4.56. The van der Waals surface area contributed by atoms with Crippen molar-refractivity contribution < 1.29 is 9.59 Å². The maximum atomic E-state index is 13.1. The first kappa shape index (κ1) is 21.2. The Hall–Kier alpha value is -2.14. The van der Waals surface area contributed by atoms with E-state index in [2.05, 4.69) is 0 Å². The van der Waals surface area contributed by atoms with Gasteiger partial charge in [0.15, 0.2) is 0 Å². The minimum atomic E-state index is -0.0157. The van der Waals surface area contributed by atoms with Crippen molar-refractivity contribution in [3.05, 3.63) is 58.3 Å². The minimum absolute atomic E-state index is 0.000475. The summed E-state index contributed by atoms with van der Waals surface area (Å²) in [5, 5.41) is 2.02.